The van der Waals surface area contributed by atoms with Crippen molar-refractivity contribution in [2.24, 2.45) is 0 Å². The van der Waals surface area contributed by atoms with Crippen LogP contribution in [0.4, 0.5) is 23.7 Å². The topological polar surface area (TPSA) is 70.6 Å². The summed E-state index contributed by atoms with van der Waals surface area (Å²) in [7, 11) is 0. The van der Waals surface area contributed by atoms with E-state index < -0.39 is 12.4 Å². The number of alkyl halides is 3. The Bertz CT molecular complexity index is 435. The van der Waals surface area contributed by atoms with Crippen LogP contribution >= 0.6 is 0 Å². The van der Waals surface area contributed by atoms with E-state index in [9.17, 15) is 18.0 Å². The minimum atomic E-state index is -4.74. The Morgan fingerprint density at radius 2 is 1.95 bits per heavy atom. The summed E-state index contributed by atoms with van der Waals surface area (Å²) in [5.41, 5.74) is 0.327. The van der Waals surface area contributed by atoms with Gasteiger partial charge in [0.2, 0.25) is 0 Å². The molecule has 0 radical (unpaired) electrons. The lowest BCUT2D eigenvalue weighted by Gasteiger charge is -2.14. The first-order chi connectivity index (χ1) is 9.30. The number of carbonyl (C=O) groups excluding carboxylic acids is 1. The molecule has 0 aliphatic rings. The summed E-state index contributed by atoms with van der Waals surface area (Å²) in [5, 5.41) is 13.7. The quantitative estimate of drug-likeness (QED) is 0.781. The zero-order valence-electron chi connectivity index (χ0n) is 10.7. The van der Waals surface area contributed by atoms with Gasteiger partial charge in [-0.05, 0) is 37.6 Å². The van der Waals surface area contributed by atoms with E-state index in [1.54, 1.807) is 6.92 Å². The molecule has 1 atom stereocenters. The highest BCUT2D eigenvalue weighted by molar-refractivity contribution is 5.89. The van der Waals surface area contributed by atoms with Crippen LogP contribution in [0.2, 0.25) is 0 Å². The third-order valence-electron chi connectivity index (χ3n) is 2.29. The molecule has 112 valence electrons. The maximum Gasteiger partial charge on any atom is 0.573 e. The van der Waals surface area contributed by atoms with Crippen molar-refractivity contribution in [1.82, 2.24) is 5.32 Å². The van der Waals surface area contributed by atoms with E-state index in [4.69, 9.17) is 5.11 Å². The van der Waals surface area contributed by atoms with Gasteiger partial charge in [0.05, 0.1) is 0 Å². The van der Waals surface area contributed by atoms with Crippen LogP contribution in [-0.4, -0.2) is 30.1 Å². The lowest BCUT2D eigenvalue weighted by molar-refractivity contribution is -0.274. The maximum atomic E-state index is 11.9. The summed E-state index contributed by atoms with van der Waals surface area (Å²) in [6, 6.07) is 4.05. The lowest BCUT2D eigenvalue weighted by Crippen LogP contribution is -2.36. The van der Waals surface area contributed by atoms with Crippen LogP contribution in [0.15, 0.2) is 24.3 Å². The van der Waals surface area contributed by atoms with Crippen molar-refractivity contribution in [3.63, 3.8) is 0 Å². The molecule has 1 rings (SSSR count). The molecule has 0 saturated carbocycles. The molecule has 20 heavy (non-hydrogen) atoms. The van der Waals surface area contributed by atoms with E-state index in [-0.39, 0.29) is 18.4 Å². The van der Waals surface area contributed by atoms with Gasteiger partial charge in [-0.3, -0.25) is 0 Å². The van der Waals surface area contributed by atoms with Crippen LogP contribution in [0.1, 0.15) is 13.3 Å². The number of halogens is 3. The van der Waals surface area contributed by atoms with Gasteiger partial charge >= 0.3 is 12.4 Å². The number of carbonyl (C=O) groups is 1. The second-order valence-electron chi connectivity index (χ2n) is 4.08. The van der Waals surface area contributed by atoms with Gasteiger partial charge in [0.25, 0.3) is 0 Å². The summed E-state index contributed by atoms with van der Waals surface area (Å²) in [6.45, 7) is 1.67. The summed E-state index contributed by atoms with van der Waals surface area (Å²) in [6.07, 6.45) is -4.34. The molecule has 0 unspecified atom stereocenters. The van der Waals surface area contributed by atoms with Crippen LogP contribution in [0.5, 0.6) is 5.75 Å². The van der Waals surface area contributed by atoms with Gasteiger partial charge in [-0.25, -0.2) is 4.79 Å². The molecule has 0 bridgehead atoms. The zero-order valence-corrected chi connectivity index (χ0v) is 10.7. The minimum absolute atomic E-state index is 0.0507. The molecular formula is C12H15F3N2O3. The van der Waals surface area contributed by atoms with Crippen molar-refractivity contribution in [2.75, 3.05) is 11.9 Å². The highest BCUT2D eigenvalue weighted by Crippen LogP contribution is 2.23. The molecule has 5 nitrogen and oxygen atoms in total. The van der Waals surface area contributed by atoms with Crippen molar-refractivity contribution in [3.8, 4) is 5.75 Å². The van der Waals surface area contributed by atoms with Crippen LogP contribution in [0.25, 0.3) is 0 Å². The smallest absolute Gasteiger partial charge is 0.406 e. The summed E-state index contributed by atoms with van der Waals surface area (Å²) in [4.78, 5) is 11.5. The highest BCUT2D eigenvalue weighted by atomic mass is 19.4. The van der Waals surface area contributed by atoms with Crippen molar-refractivity contribution in [1.29, 1.82) is 0 Å². The first kappa shape index (κ1) is 16.1. The van der Waals surface area contributed by atoms with Gasteiger partial charge in [0.1, 0.15) is 5.75 Å². The number of aliphatic hydroxyl groups is 1. The Kier molecular flexibility index (Phi) is 5.63. The Hall–Kier alpha value is -1.96. The third-order valence-corrected chi connectivity index (χ3v) is 2.29. The molecule has 0 heterocycles. The van der Waals surface area contributed by atoms with Gasteiger partial charge < -0.3 is 20.5 Å². The Balaban J connectivity index is 2.51. The van der Waals surface area contributed by atoms with Crippen LogP contribution < -0.4 is 15.4 Å². The number of anilines is 1. The number of nitrogens with one attached hydrogen (secondary N) is 2. The van der Waals surface area contributed by atoms with E-state index >= 15 is 0 Å². The number of hydrogen-bond acceptors (Lipinski definition) is 3. The second-order valence-corrected chi connectivity index (χ2v) is 4.08. The molecule has 0 fully saturated rings. The molecule has 0 aromatic heterocycles. The molecule has 0 aliphatic heterocycles. The molecule has 0 spiro atoms. The van der Waals surface area contributed by atoms with Gasteiger partial charge in [0, 0.05) is 18.3 Å². The number of urea groups is 1. The minimum Gasteiger partial charge on any atom is -0.406 e. The van der Waals surface area contributed by atoms with E-state index in [1.807, 2.05) is 0 Å². The standard InChI is InChI=1S/C12H15F3N2O3/c1-8(6-7-18)16-11(19)17-9-2-4-10(5-3-9)20-12(13,14)15/h2-5,8,18H,6-7H2,1H3,(H2,16,17,19)/t8-/m1/s1. The number of hydrogen-bond donors (Lipinski definition) is 3. The van der Waals surface area contributed by atoms with Crippen molar-refractivity contribution >= 4 is 11.7 Å². The number of ether oxygens (including phenoxy) is 1. The fourth-order valence-corrected chi connectivity index (χ4v) is 1.40. The summed E-state index contributed by atoms with van der Waals surface area (Å²) < 4.78 is 39.5. The number of amides is 2. The third kappa shape index (κ3) is 6.28. The lowest BCUT2D eigenvalue weighted by atomic mass is 10.2. The van der Waals surface area contributed by atoms with Crippen LogP contribution in [-0.2, 0) is 0 Å². The molecule has 8 heteroatoms. The normalized spacial score (nSPS) is 12.7. The molecule has 1 aromatic rings. The molecule has 1 aromatic carbocycles. The van der Waals surface area contributed by atoms with Crippen molar-refractivity contribution < 1.29 is 27.8 Å². The molecule has 0 aliphatic carbocycles. The average molecular weight is 292 g/mol. The zero-order chi connectivity index (χ0) is 15.2. The number of aliphatic hydroxyl groups excluding tert-OH is 1. The Morgan fingerprint density at radius 3 is 2.45 bits per heavy atom. The van der Waals surface area contributed by atoms with E-state index in [0.29, 0.717) is 12.1 Å². The van der Waals surface area contributed by atoms with Gasteiger partial charge in [-0.15, -0.1) is 13.2 Å². The number of rotatable bonds is 5. The average Bonchev–Trinajstić information content (AvgIpc) is 2.30. The molecule has 2 amide bonds. The maximum absolute atomic E-state index is 11.9. The van der Waals surface area contributed by atoms with Gasteiger partial charge in [-0.1, -0.05) is 0 Å². The number of benzene rings is 1. The highest BCUT2D eigenvalue weighted by Gasteiger charge is 2.30. The Morgan fingerprint density at radius 1 is 1.35 bits per heavy atom. The van der Waals surface area contributed by atoms with Crippen molar-refractivity contribution in [3.05, 3.63) is 24.3 Å². The fourth-order valence-electron chi connectivity index (χ4n) is 1.40. The van der Waals surface area contributed by atoms with E-state index in [1.165, 1.54) is 12.1 Å². The Labute approximate surface area is 113 Å². The predicted octanol–water partition coefficient (Wildman–Crippen LogP) is 2.48. The predicted molar refractivity (Wildman–Crippen MR) is 66.4 cm³/mol. The van der Waals surface area contributed by atoms with Crippen LogP contribution in [0, 0.1) is 0 Å². The largest absolute Gasteiger partial charge is 0.573 e. The second kappa shape index (κ2) is 6.99. The van der Waals surface area contributed by atoms with Gasteiger partial charge in [-0.2, -0.15) is 0 Å². The molecular weight excluding hydrogens is 277 g/mol. The first-order valence-electron chi connectivity index (χ1n) is 5.84. The summed E-state index contributed by atoms with van der Waals surface area (Å²) >= 11 is 0. The van der Waals surface area contributed by atoms with Gasteiger partial charge in [0.15, 0.2) is 0 Å². The van der Waals surface area contributed by atoms with Crippen molar-refractivity contribution in [2.45, 2.75) is 25.7 Å². The fraction of sp³-hybridized carbons (Fsp3) is 0.417. The SMILES string of the molecule is C[C@H](CCO)NC(=O)Nc1ccc(OC(F)(F)F)cc1. The van der Waals surface area contributed by atoms with Crippen LogP contribution in [0.3, 0.4) is 0 Å². The van der Waals surface area contributed by atoms with E-state index in [2.05, 4.69) is 15.4 Å². The molecule has 0 saturated heterocycles. The monoisotopic (exact) mass is 292 g/mol. The van der Waals surface area contributed by atoms with E-state index in [0.717, 1.165) is 12.1 Å². The molecule has 3 N–H and O–H groups in total. The summed E-state index contributed by atoms with van der Waals surface area (Å²) in [5.74, 6) is -0.364. The first-order valence-corrected chi connectivity index (χ1v) is 5.84.